The molecule has 0 aliphatic heterocycles. The molecule has 19 heavy (non-hydrogen) atoms. The van der Waals surface area contributed by atoms with E-state index in [4.69, 9.17) is 11.6 Å². The van der Waals surface area contributed by atoms with Crippen LogP contribution < -0.4 is 4.72 Å². The first kappa shape index (κ1) is 14.2. The second-order valence-electron chi connectivity index (χ2n) is 3.75. The third-order valence-corrected chi connectivity index (χ3v) is 4.36. The predicted molar refractivity (Wildman–Crippen MR) is 76.7 cm³/mol. The lowest BCUT2D eigenvalue weighted by Gasteiger charge is -2.10. The molecular formula is C11H9BrClN3O2S. The first-order valence-electron chi connectivity index (χ1n) is 5.15. The first-order chi connectivity index (χ1) is 8.88. The van der Waals surface area contributed by atoms with Gasteiger partial charge in [-0.05, 0) is 36.2 Å². The second-order valence-corrected chi connectivity index (χ2v) is 6.69. The molecular weight excluding hydrogens is 354 g/mol. The number of nitrogens with one attached hydrogen (secondary N) is 1. The molecule has 100 valence electrons. The van der Waals surface area contributed by atoms with E-state index in [1.807, 2.05) is 13.0 Å². The number of halogens is 2. The van der Waals surface area contributed by atoms with E-state index in [1.54, 1.807) is 12.1 Å². The highest BCUT2D eigenvalue weighted by atomic mass is 79.9. The highest BCUT2D eigenvalue weighted by molar-refractivity contribution is 9.10. The van der Waals surface area contributed by atoms with Gasteiger partial charge in [-0.1, -0.05) is 22.0 Å². The number of anilines is 1. The van der Waals surface area contributed by atoms with Crippen molar-refractivity contribution in [2.45, 2.75) is 11.8 Å². The maximum Gasteiger partial charge on any atom is 0.264 e. The molecule has 0 aliphatic carbocycles. The molecule has 1 N–H and O–H groups in total. The number of hydrogen-bond acceptors (Lipinski definition) is 4. The smallest absolute Gasteiger partial charge is 0.264 e. The van der Waals surface area contributed by atoms with Crippen molar-refractivity contribution < 1.29 is 8.42 Å². The summed E-state index contributed by atoms with van der Waals surface area (Å²) >= 11 is 8.82. The van der Waals surface area contributed by atoms with Crippen LogP contribution in [0, 0.1) is 6.92 Å². The molecule has 2 aromatic rings. The molecule has 1 aromatic heterocycles. The molecule has 5 nitrogen and oxygen atoms in total. The van der Waals surface area contributed by atoms with Crippen molar-refractivity contribution in [3.63, 3.8) is 0 Å². The lowest BCUT2D eigenvalue weighted by Crippen LogP contribution is -2.14. The Kier molecular flexibility index (Phi) is 4.07. The van der Waals surface area contributed by atoms with Crippen LogP contribution in [-0.2, 0) is 10.0 Å². The zero-order chi connectivity index (χ0) is 14.0. The number of nitrogens with zero attached hydrogens (tertiary/aromatic N) is 2. The summed E-state index contributed by atoms with van der Waals surface area (Å²) in [5.41, 5.74) is 1.30. The van der Waals surface area contributed by atoms with Crippen molar-refractivity contribution in [1.29, 1.82) is 0 Å². The summed E-state index contributed by atoms with van der Waals surface area (Å²) in [5, 5.41) is -0.00224. The second kappa shape index (κ2) is 5.44. The summed E-state index contributed by atoms with van der Waals surface area (Å²) in [5.74, 6) is 0. The van der Waals surface area contributed by atoms with Gasteiger partial charge in [-0.15, -0.1) is 0 Å². The van der Waals surface area contributed by atoms with E-state index < -0.39 is 10.0 Å². The minimum Gasteiger partial charge on any atom is -0.279 e. The highest BCUT2D eigenvalue weighted by Crippen LogP contribution is 2.23. The fraction of sp³-hybridized carbons (Fsp3) is 0.0909. The van der Waals surface area contributed by atoms with Gasteiger partial charge in [0, 0.05) is 4.47 Å². The van der Waals surface area contributed by atoms with E-state index in [2.05, 4.69) is 30.6 Å². The quantitative estimate of drug-likeness (QED) is 0.852. The van der Waals surface area contributed by atoms with Crippen LogP contribution in [0.1, 0.15) is 5.56 Å². The van der Waals surface area contributed by atoms with Crippen LogP contribution in [0.25, 0.3) is 0 Å². The molecule has 0 fully saturated rings. The minimum absolute atomic E-state index is 0.00224. The Labute approximate surface area is 124 Å². The van der Waals surface area contributed by atoms with Gasteiger partial charge in [-0.25, -0.2) is 18.4 Å². The van der Waals surface area contributed by atoms with Crippen molar-refractivity contribution in [2.75, 3.05) is 4.72 Å². The van der Waals surface area contributed by atoms with Gasteiger partial charge in [0.25, 0.3) is 10.0 Å². The summed E-state index contributed by atoms with van der Waals surface area (Å²) < 4.78 is 27.5. The summed E-state index contributed by atoms with van der Waals surface area (Å²) in [6.07, 6.45) is 2.32. The van der Waals surface area contributed by atoms with Gasteiger partial charge in [-0.3, -0.25) is 4.72 Å². The Bertz CT molecular complexity index is 704. The third kappa shape index (κ3) is 3.43. The van der Waals surface area contributed by atoms with Crippen molar-refractivity contribution >= 4 is 43.2 Å². The van der Waals surface area contributed by atoms with Gasteiger partial charge in [0.05, 0.1) is 18.1 Å². The Morgan fingerprint density at radius 3 is 2.53 bits per heavy atom. The van der Waals surface area contributed by atoms with Gasteiger partial charge in [-0.2, -0.15) is 0 Å². The third-order valence-electron chi connectivity index (χ3n) is 2.35. The molecule has 0 unspecified atom stereocenters. The van der Waals surface area contributed by atoms with E-state index in [9.17, 15) is 8.42 Å². The van der Waals surface area contributed by atoms with E-state index in [-0.39, 0.29) is 10.2 Å². The summed E-state index contributed by atoms with van der Waals surface area (Å²) in [6.45, 7) is 1.81. The summed E-state index contributed by atoms with van der Waals surface area (Å²) in [7, 11) is -3.72. The van der Waals surface area contributed by atoms with Crippen LogP contribution in [0.5, 0.6) is 0 Å². The van der Waals surface area contributed by atoms with Gasteiger partial charge < -0.3 is 0 Å². The molecule has 2 rings (SSSR count). The normalized spacial score (nSPS) is 11.3. The fourth-order valence-electron chi connectivity index (χ4n) is 1.35. The molecule has 0 aliphatic rings. The standard InChI is InChI=1S/C11H9BrClN3O2S/c1-7-2-3-8(12)4-10(7)16-19(17,18)9-5-14-11(13)15-6-9/h2-6,16H,1H3. The average Bonchev–Trinajstić information content (AvgIpc) is 2.34. The number of hydrogen-bond donors (Lipinski definition) is 1. The maximum absolute atomic E-state index is 12.1. The van der Waals surface area contributed by atoms with Crippen LogP contribution in [0.3, 0.4) is 0 Å². The average molecular weight is 363 g/mol. The number of aryl methyl sites for hydroxylation is 1. The molecule has 0 atom stereocenters. The van der Waals surface area contributed by atoms with Crippen molar-refractivity contribution in [3.8, 4) is 0 Å². The van der Waals surface area contributed by atoms with Crippen LogP contribution in [0.15, 0.2) is 40.0 Å². The van der Waals surface area contributed by atoms with Crippen molar-refractivity contribution in [3.05, 3.63) is 45.9 Å². The van der Waals surface area contributed by atoms with E-state index in [0.717, 1.165) is 22.4 Å². The van der Waals surface area contributed by atoms with E-state index >= 15 is 0 Å². The number of rotatable bonds is 3. The van der Waals surface area contributed by atoms with Gasteiger partial charge in [0.1, 0.15) is 4.90 Å². The fourth-order valence-corrected chi connectivity index (χ4v) is 2.82. The molecule has 0 saturated heterocycles. The highest BCUT2D eigenvalue weighted by Gasteiger charge is 2.16. The number of benzene rings is 1. The number of sulfonamides is 1. The molecule has 8 heteroatoms. The monoisotopic (exact) mass is 361 g/mol. The minimum atomic E-state index is -3.72. The van der Waals surface area contributed by atoms with Crippen LogP contribution in [0.2, 0.25) is 5.28 Å². The first-order valence-corrected chi connectivity index (χ1v) is 7.80. The molecule has 0 saturated carbocycles. The SMILES string of the molecule is Cc1ccc(Br)cc1NS(=O)(=O)c1cnc(Cl)nc1. The molecule has 0 spiro atoms. The van der Waals surface area contributed by atoms with Gasteiger partial charge >= 0.3 is 0 Å². The lowest BCUT2D eigenvalue weighted by atomic mass is 10.2. The molecule has 0 bridgehead atoms. The maximum atomic E-state index is 12.1. The zero-order valence-electron chi connectivity index (χ0n) is 9.76. The zero-order valence-corrected chi connectivity index (χ0v) is 12.9. The molecule has 0 amide bonds. The summed E-state index contributed by atoms with van der Waals surface area (Å²) in [6, 6.07) is 5.32. The lowest BCUT2D eigenvalue weighted by molar-refractivity contribution is 0.600. The van der Waals surface area contributed by atoms with Crippen molar-refractivity contribution in [1.82, 2.24) is 9.97 Å². The predicted octanol–water partition coefficient (Wildman–Crippen LogP) is 3.00. The largest absolute Gasteiger partial charge is 0.279 e. The van der Waals surface area contributed by atoms with Gasteiger partial charge in [0.15, 0.2) is 0 Å². The van der Waals surface area contributed by atoms with E-state index in [0.29, 0.717) is 5.69 Å². The summed E-state index contributed by atoms with van der Waals surface area (Å²) in [4.78, 5) is 7.26. The van der Waals surface area contributed by atoms with Crippen molar-refractivity contribution in [2.24, 2.45) is 0 Å². The Morgan fingerprint density at radius 1 is 1.26 bits per heavy atom. The Morgan fingerprint density at radius 2 is 1.89 bits per heavy atom. The molecule has 1 heterocycles. The van der Waals surface area contributed by atoms with Crippen LogP contribution in [0.4, 0.5) is 5.69 Å². The van der Waals surface area contributed by atoms with Crippen LogP contribution in [-0.4, -0.2) is 18.4 Å². The van der Waals surface area contributed by atoms with Gasteiger partial charge in [0.2, 0.25) is 5.28 Å². The topological polar surface area (TPSA) is 72.0 Å². The molecule has 0 radical (unpaired) electrons. The Balaban J connectivity index is 2.36. The number of aromatic nitrogens is 2. The van der Waals surface area contributed by atoms with E-state index in [1.165, 1.54) is 0 Å². The molecule has 1 aromatic carbocycles. The van der Waals surface area contributed by atoms with Crippen LogP contribution >= 0.6 is 27.5 Å². The Hall–Kier alpha value is -1.18.